The van der Waals surface area contributed by atoms with Crippen molar-refractivity contribution in [3.63, 3.8) is 0 Å². The number of carboxylic acid groups (broad SMARTS) is 2. The maximum atomic E-state index is 10.8. The van der Waals surface area contributed by atoms with Crippen LogP contribution < -0.4 is 0 Å². The summed E-state index contributed by atoms with van der Waals surface area (Å²) in [6.45, 7) is 0.873. The quantitative estimate of drug-likeness (QED) is 0.703. The van der Waals surface area contributed by atoms with E-state index in [0.717, 1.165) is 12.0 Å². The Hall–Kier alpha value is -1.78. The molecule has 0 aromatic heterocycles. The van der Waals surface area contributed by atoms with Crippen molar-refractivity contribution in [2.45, 2.75) is 12.8 Å². The molecular weight excluding hydrogens is 210 g/mol. The third-order valence-electron chi connectivity index (χ3n) is 3.13. The lowest BCUT2D eigenvalue weighted by molar-refractivity contribution is -0.132. The number of piperidine rings is 1. The molecule has 1 amide bonds. The van der Waals surface area contributed by atoms with E-state index >= 15 is 0 Å². The fraction of sp³-hybridized carbons (Fsp3) is 0.455. The number of fused-ring (bicyclic) bond motifs is 1. The standard InChI is InChI=1S/C11H13NO4/c13-10(14)8-2-1-7-3-4-12(11(15)16)6-9(7)5-8/h2,5,7H,1,3-4,6H2,(H,13,14)(H,15,16). The molecule has 0 aromatic carbocycles. The molecule has 0 spiro atoms. The minimum absolute atomic E-state index is 0.276. The molecule has 0 aromatic rings. The largest absolute Gasteiger partial charge is 0.478 e. The summed E-state index contributed by atoms with van der Waals surface area (Å²) in [7, 11) is 0. The fourth-order valence-electron chi connectivity index (χ4n) is 2.20. The van der Waals surface area contributed by atoms with Gasteiger partial charge in [-0.2, -0.15) is 0 Å². The molecule has 1 aliphatic heterocycles. The Labute approximate surface area is 92.7 Å². The van der Waals surface area contributed by atoms with E-state index in [9.17, 15) is 9.59 Å². The number of likely N-dealkylation sites (tertiary alicyclic amines) is 1. The average Bonchev–Trinajstić information content (AvgIpc) is 2.27. The van der Waals surface area contributed by atoms with Gasteiger partial charge in [-0.05, 0) is 30.4 Å². The van der Waals surface area contributed by atoms with Crippen LogP contribution in [0.25, 0.3) is 0 Å². The van der Waals surface area contributed by atoms with E-state index in [0.29, 0.717) is 25.4 Å². The van der Waals surface area contributed by atoms with Crippen LogP contribution in [0.2, 0.25) is 0 Å². The van der Waals surface area contributed by atoms with Gasteiger partial charge in [0, 0.05) is 13.1 Å². The molecule has 5 heteroatoms. The van der Waals surface area contributed by atoms with Gasteiger partial charge in [0.05, 0.1) is 5.57 Å². The Morgan fingerprint density at radius 2 is 2.12 bits per heavy atom. The highest BCUT2D eigenvalue weighted by Gasteiger charge is 2.28. The highest BCUT2D eigenvalue weighted by Crippen LogP contribution is 2.31. The second kappa shape index (κ2) is 4.00. The highest BCUT2D eigenvalue weighted by molar-refractivity contribution is 5.90. The maximum Gasteiger partial charge on any atom is 0.407 e. The number of carboxylic acids is 1. The van der Waals surface area contributed by atoms with Crippen LogP contribution in [-0.4, -0.2) is 40.3 Å². The van der Waals surface area contributed by atoms with Gasteiger partial charge in [-0.15, -0.1) is 0 Å². The normalized spacial score (nSPS) is 24.2. The molecule has 0 radical (unpaired) electrons. The zero-order valence-electron chi connectivity index (χ0n) is 8.72. The molecule has 1 saturated heterocycles. The van der Waals surface area contributed by atoms with Gasteiger partial charge in [0.1, 0.15) is 0 Å². The van der Waals surface area contributed by atoms with E-state index in [1.54, 1.807) is 12.2 Å². The first-order valence-corrected chi connectivity index (χ1v) is 5.19. The predicted octanol–water partition coefficient (Wildman–Crippen LogP) is 1.33. The topological polar surface area (TPSA) is 77.8 Å². The number of aliphatic carboxylic acids is 1. The summed E-state index contributed by atoms with van der Waals surface area (Å²) in [5, 5.41) is 17.7. The van der Waals surface area contributed by atoms with Gasteiger partial charge in [-0.3, -0.25) is 0 Å². The Balaban J connectivity index is 2.17. The molecule has 1 fully saturated rings. The zero-order chi connectivity index (χ0) is 11.7. The van der Waals surface area contributed by atoms with Crippen LogP contribution in [0.4, 0.5) is 4.79 Å². The van der Waals surface area contributed by atoms with E-state index in [4.69, 9.17) is 10.2 Å². The van der Waals surface area contributed by atoms with E-state index in [1.807, 2.05) is 0 Å². The molecule has 2 N–H and O–H groups in total. The minimum Gasteiger partial charge on any atom is -0.478 e. The van der Waals surface area contributed by atoms with Crippen molar-refractivity contribution in [1.82, 2.24) is 4.90 Å². The lowest BCUT2D eigenvalue weighted by atomic mass is 9.83. The van der Waals surface area contributed by atoms with Crippen LogP contribution in [0.3, 0.4) is 0 Å². The smallest absolute Gasteiger partial charge is 0.407 e. The number of hydrogen-bond acceptors (Lipinski definition) is 2. The van der Waals surface area contributed by atoms with Crippen molar-refractivity contribution in [2.24, 2.45) is 5.92 Å². The maximum absolute atomic E-state index is 10.8. The van der Waals surface area contributed by atoms with Crippen LogP contribution in [0.1, 0.15) is 12.8 Å². The molecule has 5 nitrogen and oxygen atoms in total. The monoisotopic (exact) mass is 223 g/mol. The van der Waals surface area contributed by atoms with Crippen LogP contribution in [-0.2, 0) is 4.79 Å². The molecule has 2 aliphatic rings. The molecule has 1 heterocycles. The summed E-state index contributed by atoms with van der Waals surface area (Å²) in [6.07, 6.45) is 3.88. The zero-order valence-corrected chi connectivity index (χ0v) is 8.72. The Morgan fingerprint density at radius 3 is 2.75 bits per heavy atom. The Bertz CT molecular complexity index is 397. The van der Waals surface area contributed by atoms with Gasteiger partial charge in [-0.1, -0.05) is 6.08 Å². The number of nitrogens with zero attached hydrogens (tertiary/aromatic N) is 1. The SMILES string of the molecule is O=C(O)C1=CCC2CCN(C(=O)O)CC2=C1. The summed E-state index contributed by atoms with van der Waals surface area (Å²) >= 11 is 0. The van der Waals surface area contributed by atoms with E-state index in [-0.39, 0.29) is 5.57 Å². The third-order valence-corrected chi connectivity index (χ3v) is 3.13. The number of allylic oxidation sites excluding steroid dienone is 1. The van der Waals surface area contributed by atoms with Crippen LogP contribution >= 0.6 is 0 Å². The first-order chi connectivity index (χ1) is 7.58. The van der Waals surface area contributed by atoms with Gasteiger partial charge < -0.3 is 15.1 Å². The second-order valence-corrected chi connectivity index (χ2v) is 4.11. The summed E-state index contributed by atoms with van der Waals surface area (Å²) in [4.78, 5) is 22.9. The number of hydrogen-bond donors (Lipinski definition) is 2. The van der Waals surface area contributed by atoms with Crippen molar-refractivity contribution in [3.8, 4) is 0 Å². The Kier molecular flexibility index (Phi) is 2.68. The summed E-state index contributed by atoms with van der Waals surface area (Å²) in [6, 6.07) is 0. The lowest BCUT2D eigenvalue weighted by Gasteiger charge is -2.33. The molecular formula is C11H13NO4. The molecule has 0 saturated carbocycles. The lowest BCUT2D eigenvalue weighted by Crippen LogP contribution is -2.39. The molecule has 0 bridgehead atoms. The number of amides is 1. The van der Waals surface area contributed by atoms with Crippen molar-refractivity contribution < 1.29 is 19.8 Å². The second-order valence-electron chi connectivity index (χ2n) is 4.11. The van der Waals surface area contributed by atoms with Gasteiger partial charge in [0.25, 0.3) is 0 Å². The summed E-state index contributed by atoms with van der Waals surface area (Å²) in [5.41, 5.74) is 1.20. The first-order valence-electron chi connectivity index (χ1n) is 5.19. The average molecular weight is 223 g/mol. The summed E-state index contributed by atoms with van der Waals surface area (Å²) in [5.74, 6) is -0.628. The van der Waals surface area contributed by atoms with Crippen molar-refractivity contribution in [2.75, 3.05) is 13.1 Å². The van der Waals surface area contributed by atoms with Crippen molar-refractivity contribution in [1.29, 1.82) is 0 Å². The number of carbonyl (C=O) groups is 2. The van der Waals surface area contributed by atoms with Crippen molar-refractivity contribution in [3.05, 3.63) is 23.3 Å². The predicted molar refractivity (Wildman–Crippen MR) is 56.1 cm³/mol. The van der Waals surface area contributed by atoms with Gasteiger partial charge >= 0.3 is 12.1 Å². The van der Waals surface area contributed by atoms with E-state index in [1.165, 1.54) is 4.90 Å². The highest BCUT2D eigenvalue weighted by atomic mass is 16.4. The fourth-order valence-corrected chi connectivity index (χ4v) is 2.20. The minimum atomic E-state index is -0.946. The van der Waals surface area contributed by atoms with Crippen LogP contribution in [0.15, 0.2) is 23.3 Å². The first kappa shape index (κ1) is 10.7. The number of rotatable bonds is 1. The molecule has 86 valence electrons. The Morgan fingerprint density at radius 1 is 1.38 bits per heavy atom. The van der Waals surface area contributed by atoms with E-state index < -0.39 is 12.1 Å². The van der Waals surface area contributed by atoms with E-state index in [2.05, 4.69) is 0 Å². The molecule has 1 atom stereocenters. The molecule has 16 heavy (non-hydrogen) atoms. The van der Waals surface area contributed by atoms with Crippen LogP contribution in [0.5, 0.6) is 0 Å². The molecule has 1 unspecified atom stereocenters. The molecule has 2 rings (SSSR count). The van der Waals surface area contributed by atoms with Gasteiger partial charge in [0.2, 0.25) is 0 Å². The van der Waals surface area contributed by atoms with Crippen LogP contribution in [0, 0.1) is 5.92 Å². The third kappa shape index (κ3) is 1.93. The van der Waals surface area contributed by atoms with Gasteiger partial charge in [0.15, 0.2) is 0 Å². The molecule has 1 aliphatic carbocycles. The summed E-state index contributed by atoms with van der Waals surface area (Å²) < 4.78 is 0. The van der Waals surface area contributed by atoms with Gasteiger partial charge in [-0.25, -0.2) is 9.59 Å². The van der Waals surface area contributed by atoms with Crippen molar-refractivity contribution >= 4 is 12.1 Å².